The van der Waals surface area contributed by atoms with E-state index >= 15 is 0 Å². The van der Waals surface area contributed by atoms with Crippen LogP contribution in [0, 0.1) is 10.1 Å². The van der Waals surface area contributed by atoms with Gasteiger partial charge in [0, 0.05) is 16.6 Å². The number of non-ortho nitro benzene ring substituents is 1. The summed E-state index contributed by atoms with van der Waals surface area (Å²) in [5, 5.41) is 12.7. The summed E-state index contributed by atoms with van der Waals surface area (Å²) in [6, 6.07) is 6.20. The second-order valence-electron chi connectivity index (χ2n) is 5.65. The molecule has 0 saturated heterocycles. The number of anilines is 1. The van der Waals surface area contributed by atoms with Crippen molar-refractivity contribution in [1.29, 1.82) is 0 Å². The van der Waals surface area contributed by atoms with Gasteiger partial charge in [-0.1, -0.05) is 27.5 Å². The number of ether oxygens (including phenoxy) is 1. The molecule has 0 saturated carbocycles. The Morgan fingerprint density at radius 1 is 1.24 bits per heavy atom. The highest BCUT2D eigenvalue weighted by Crippen LogP contribution is 2.37. The maximum absolute atomic E-state index is 13.2. The van der Waals surface area contributed by atoms with Crippen LogP contribution >= 0.6 is 27.5 Å². The van der Waals surface area contributed by atoms with Gasteiger partial charge in [0.15, 0.2) is 6.10 Å². The van der Waals surface area contributed by atoms with E-state index in [-0.39, 0.29) is 10.6 Å². The number of nitrogens with one attached hydrogen (secondary N) is 1. The van der Waals surface area contributed by atoms with E-state index in [1.165, 1.54) is 12.1 Å². The molecule has 0 aliphatic rings. The zero-order chi connectivity index (χ0) is 21.9. The molecule has 0 aliphatic carbocycles. The van der Waals surface area contributed by atoms with Crippen LogP contribution in [0.1, 0.15) is 22.8 Å². The maximum atomic E-state index is 13.2. The molecule has 0 heterocycles. The smallest absolute Gasteiger partial charge is 0.418 e. The number of hydrogen-bond acceptors (Lipinski definition) is 5. The fraction of sp³-hybridized carbons (Fsp3) is 0.176. The van der Waals surface area contributed by atoms with Crippen molar-refractivity contribution in [2.24, 2.45) is 0 Å². The van der Waals surface area contributed by atoms with Crippen LogP contribution in [-0.4, -0.2) is 22.9 Å². The molecule has 2 rings (SSSR count). The van der Waals surface area contributed by atoms with Crippen molar-refractivity contribution >= 4 is 50.8 Å². The molecule has 29 heavy (non-hydrogen) atoms. The van der Waals surface area contributed by atoms with Crippen LogP contribution in [0.2, 0.25) is 5.02 Å². The molecule has 2 aromatic rings. The molecule has 0 fully saturated rings. The van der Waals surface area contributed by atoms with E-state index in [9.17, 15) is 32.9 Å². The van der Waals surface area contributed by atoms with Gasteiger partial charge in [-0.25, -0.2) is 4.79 Å². The van der Waals surface area contributed by atoms with Crippen LogP contribution in [0.4, 0.5) is 24.5 Å². The van der Waals surface area contributed by atoms with Crippen molar-refractivity contribution < 1.29 is 32.4 Å². The second kappa shape index (κ2) is 8.78. The summed E-state index contributed by atoms with van der Waals surface area (Å²) in [5.74, 6) is -2.03. The molecule has 0 bridgehead atoms. The predicted molar refractivity (Wildman–Crippen MR) is 101 cm³/mol. The first-order chi connectivity index (χ1) is 13.4. The van der Waals surface area contributed by atoms with Crippen molar-refractivity contribution in [3.63, 3.8) is 0 Å². The van der Waals surface area contributed by atoms with Crippen LogP contribution < -0.4 is 5.32 Å². The molecule has 7 nitrogen and oxygen atoms in total. The molecular formula is C17H11BrClF3N2O5. The normalized spacial score (nSPS) is 12.2. The number of nitrogens with zero attached hydrogens (tertiary/aromatic N) is 1. The molecule has 1 N–H and O–H groups in total. The zero-order valence-corrected chi connectivity index (χ0v) is 16.8. The number of amides is 1. The van der Waals surface area contributed by atoms with E-state index in [4.69, 9.17) is 16.3 Å². The highest BCUT2D eigenvalue weighted by Gasteiger charge is 2.36. The van der Waals surface area contributed by atoms with E-state index < -0.39 is 46.0 Å². The van der Waals surface area contributed by atoms with E-state index in [0.29, 0.717) is 10.5 Å². The van der Waals surface area contributed by atoms with E-state index in [1.54, 1.807) is 6.07 Å². The largest absolute Gasteiger partial charge is 0.449 e. The van der Waals surface area contributed by atoms with Crippen LogP contribution in [0.5, 0.6) is 0 Å². The van der Waals surface area contributed by atoms with E-state index in [2.05, 4.69) is 15.9 Å². The summed E-state index contributed by atoms with van der Waals surface area (Å²) in [7, 11) is 0. The molecule has 0 aromatic heterocycles. The number of esters is 1. The van der Waals surface area contributed by atoms with Crippen LogP contribution in [0.15, 0.2) is 40.9 Å². The van der Waals surface area contributed by atoms with Crippen molar-refractivity contribution in [2.75, 3.05) is 5.32 Å². The molecule has 1 atom stereocenters. The van der Waals surface area contributed by atoms with Crippen LogP contribution in [0.25, 0.3) is 0 Å². The summed E-state index contributed by atoms with van der Waals surface area (Å²) in [4.78, 5) is 34.1. The molecule has 0 radical (unpaired) electrons. The van der Waals surface area contributed by atoms with Crippen LogP contribution in [-0.2, 0) is 15.7 Å². The number of alkyl halides is 3. The lowest BCUT2D eigenvalue weighted by Crippen LogP contribution is -2.31. The van der Waals surface area contributed by atoms with Gasteiger partial charge in [0.05, 0.1) is 26.8 Å². The lowest BCUT2D eigenvalue weighted by atomic mass is 10.1. The van der Waals surface area contributed by atoms with Gasteiger partial charge in [-0.05, 0) is 31.2 Å². The van der Waals surface area contributed by atoms with Crippen molar-refractivity contribution in [3.05, 3.63) is 67.1 Å². The predicted octanol–water partition coefficient (Wildman–Crippen LogP) is 5.21. The first-order valence-electron chi connectivity index (χ1n) is 7.72. The third-order valence-electron chi connectivity index (χ3n) is 3.58. The number of halogens is 5. The quantitative estimate of drug-likeness (QED) is 0.349. The Kier molecular flexibility index (Phi) is 6.85. The minimum absolute atomic E-state index is 0.0491. The highest BCUT2D eigenvalue weighted by atomic mass is 79.9. The Bertz CT molecular complexity index is 984. The molecule has 1 unspecified atom stereocenters. The van der Waals surface area contributed by atoms with Gasteiger partial charge in [0.2, 0.25) is 0 Å². The number of nitro benzene ring substituents is 1. The Labute approximate surface area is 175 Å². The second-order valence-corrected chi connectivity index (χ2v) is 6.97. The van der Waals surface area contributed by atoms with Gasteiger partial charge in [-0.15, -0.1) is 0 Å². The third kappa shape index (κ3) is 5.67. The van der Waals surface area contributed by atoms with Gasteiger partial charge in [-0.2, -0.15) is 13.2 Å². The topological polar surface area (TPSA) is 98.5 Å². The minimum Gasteiger partial charge on any atom is -0.449 e. The molecule has 12 heteroatoms. The van der Waals surface area contributed by atoms with Crippen LogP contribution in [0.3, 0.4) is 0 Å². The lowest BCUT2D eigenvalue weighted by molar-refractivity contribution is -0.385. The fourth-order valence-corrected chi connectivity index (χ4v) is 2.71. The summed E-state index contributed by atoms with van der Waals surface area (Å²) >= 11 is 9.04. The summed E-state index contributed by atoms with van der Waals surface area (Å²) < 4.78 is 45.0. The Morgan fingerprint density at radius 2 is 1.90 bits per heavy atom. The lowest BCUT2D eigenvalue weighted by Gasteiger charge is -2.17. The van der Waals surface area contributed by atoms with Crippen molar-refractivity contribution in [3.8, 4) is 0 Å². The third-order valence-corrected chi connectivity index (χ3v) is 4.40. The average Bonchev–Trinajstić information content (AvgIpc) is 2.62. The Morgan fingerprint density at radius 3 is 2.48 bits per heavy atom. The first kappa shape index (κ1) is 22.6. The number of carbonyl (C=O) groups excluding carboxylic acids is 2. The van der Waals surface area contributed by atoms with Gasteiger partial charge in [0.25, 0.3) is 11.6 Å². The zero-order valence-electron chi connectivity index (χ0n) is 14.4. The number of nitro groups is 1. The molecular weight excluding hydrogens is 485 g/mol. The van der Waals surface area contributed by atoms with E-state index in [1.807, 2.05) is 5.32 Å². The molecule has 0 spiro atoms. The monoisotopic (exact) mass is 494 g/mol. The number of benzene rings is 2. The van der Waals surface area contributed by atoms with Crippen molar-refractivity contribution in [1.82, 2.24) is 0 Å². The Hall–Kier alpha value is -2.66. The minimum atomic E-state index is -4.96. The van der Waals surface area contributed by atoms with Gasteiger partial charge < -0.3 is 10.1 Å². The standard InChI is InChI=1S/C17H11BrClF3N2O5/c1-8(29-16(26)11-6-9(18)2-4-13(11)19)15(25)23-14-5-3-10(24(27)28)7-12(14)17(20,21)22/h2-8H,1H3,(H,23,25). The molecule has 154 valence electrons. The number of hydrogen-bond donors (Lipinski definition) is 1. The average molecular weight is 496 g/mol. The number of carbonyl (C=O) groups is 2. The van der Waals surface area contributed by atoms with Gasteiger partial charge in [-0.3, -0.25) is 14.9 Å². The SMILES string of the molecule is CC(OC(=O)c1cc(Br)ccc1Cl)C(=O)Nc1ccc([N+](=O)[O-])cc1C(F)(F)F. The summed E-state index contributed by atoms with van der Waals surface area (Å²) in [6.45, 7) is 1.15. The first-order valence-corrected chi connectivity index (χ1v) is 8.89. The summed E-state index contributed by atoms with van der Waals surface area (Å²) in [6.07, 6.45) is -6.44. The maximum Gasteiger partial charge on any atom is 0.418 e. The van der Waals surface area contributed by atoms with Crippen molar-refractivity contribution in [2.45, 2.75) is 19.2 Å². The summed E-state index contributed by atoms with van der Waals surface area (Å²) in [5.41, 5.74) is -2.96. The molecule has 0 aliphatic heterocycles. The highest BCUT2D eigenvalue weighted by molar-refractivity contribution is 9.10. The molecule has 1 amide bonds. The van der Waals surface area contributed by atoms with Gasteiger partial charge >= 0.3 is 12.1 Å². The Balaban J connectivity index is 2.20. The number of rotatable bonds is 5. The van der Waals surface area contributed by atoms with Gasteiger partial charge in [0.1, 0.15) is 0 Å². The van der Waals surface area contributed by atoms with E-state index in [0.717, 1.165) is 19.1 Å². The fourth-order valence-electron chi connectivity index (χ4n) is 2.16. The molecule has 2 aromatic carbocycles.